The maximum absolute atomic E-state index is 10.5. The van der Waals surface area contributed by atoms with E-state index in [4.69, 9.17) is 19.8 Å². The molecule has 5 atom stereocenters. The molecule has 0 unspecified atom stereocenters. The molecule has 0 spiro atoms. The Morgan fingerprint density at radius 3 is 2.77 bits per heavy atom. The van der Waals surface area contributed by atoms with Gasteiger partial charge in [0.25, 0.3) is 0 Å². The summed E-state index contributed by atoms with van der Waals surface area (Å²) in [5.74, 6) is -0.514. The van der Waals surface area contributed by atoms with Crippen LogP contribution in [0.15, 0.2) is 24.3 Å². The number of hydrogen-bond donors (Lipinski definition) is 2. The molecular formula is C20H32O6. The molecule has 3 rings (SSSR count). The molecule has 0 amide bonds. The average molecular weight is 368 g/mol. The molecule has 26 heavy (non-hydrogen) atoms. The average Bonchev–Trinajstić information content (AvgIpc) is 2.60. The molecule has 0 aliphatic carbocycles. The van der Waals surface area contributed by atoms with Gasteiger partial charge in [-0.05, 0) is 25.7 Å². The van der Waals surface area contributed by atoms with E-state index in [0.717, 1.165) is 44.9 Å². The largest absolute Gasteiger partial charge is 0.481 e. The zero-order valence-corrected chi connectivity index (χ0v) is 15.6. The van der Waals surface area contributed by atoms with Crippen LogP contribution in [0.1, 0.15) is 64.7 Å². The van der Waals surface area contributed by atoms with Gasteiger partial charge >= 0.3 is 5.97 Å². The first-order valence-electron chi connectivity index (χ1n) is 9.80. The Kier molecular flexibility index (Phi) is 9.32. The topological polar surface area (TPSA) is 85.2 Å². The molecule has 6 heteroatoms. The van der Waals surface area contributed by atoms with E-state index in [2.05, 4.69) is 17.9 Å². The van der Waals surface area contributed by atoms with Crippen molar-refractivity contribution in [3.8, 4) is 0 Å². The van der Waals surface area contributed by atoms with Crippen LogP contribution in [-0.4, -0.2) is 40.9 Å². The Balaban J connectivity index is 1.80. The molecular weight excluding hydrogens is 336 g/mol. The van der Waals surface area contributed by atoms with Gasteiger partial charge in [-0.3, -0.25) is 10.1 Å². The van der Waals surface area contributed by atoms with Crippen molar-refractivity contribution >= 4 is 5.97 Å². The zero-order valence-electron chi connectivity index (χ0n) is 15.6. The zero-order chi connectivity index (χ0) is 18.8. The van der Waals surface area contributed by atoms with Crippen LogP contribution < -0.4 is 0 Å². The van der Waals surface area contributed by atoms with E-state index in [0.29, 0.717) is 6.42 Å². The molecule has 3 saturated heterocycles. The van der Waals surface area contributed by atoms with Gasteiger partial charge in [-0.15, -0.1) is 0 Å². The van der Waals surface area contributed by atoms with Gasteiger partial charge < -0.3 is 14.6 Å². The maximum atomic E-state index is 10.5. The first-order chi connectivity index (χ1) is 12.6. The van der Waals surface area contributed by atoms with E-state index in [1.807, 2.05) is 18.2 Å². The van der Waals surface area contributed by atoms with Crippen molar-refractivity contribution in [1.29, 1.82) is 0 Å². The van der Waals surface area contributed by atoms with Crippen LogP contribution in [0.3, 0.4) is 0 Å². The van der Waals surface area contributed by atoms with Crippen LogP contribution in [-0.2, 0) is 19.2 Å². The number of unbranched alkanes of at least 4 members (excludes halogenated alkanes) is 3. The number of carbonyl (C=O) groups is 1. The standard InChI is InChI=1S/C20H32O6/c1-2-3-6-9-15(26-23)12-13-17-16(18-14-20(24-17)25-18)10-7-4-5-8-11-19(21)22/h4,7,12-13,15-18,20,23H,2-3,5-6,8-11,14H2,1H3,(H,21,22)/b7-4-,13-12+/t15-,16+,17+,18+,20-/m0/s1. The number of hydrogen-bond acceptors (Lipinski definition) is 5. The van der Waals surface area contributed by atoms with Gasteiger partial charge in [0.1, 0.15) is 6.10 Å². The lowest BCUT2D eigenvalue weighted by Crippen LogP contribution is -2.55. The fourth-order valence-corrected chi connectivity index (χ4v) is 3.45. The van der Waals surface area contributed by atoms with Crippen LogP contribution >= 0.6 is 0 Å². The van der Waals surface area contributed by atoms with E-state index >= 15 is 0 Å². The highest BCUT2D eigenvalue weighted by Crippen LogP contribution is 2.40. The van der Waals surface area contributed by atoms with Gasteiger partial charge in [0, 0.05) is 18.8 Å². The van der Waals surface area contributed by atoms with Crippen LogP contribution in [0.2, 0.25) is 0 Å². The van der Waals surface area contributed by atoms with Crippen LogP contribution in [0.25, 0.3) is 0 Å². The van der Waals surface area contributed by atoms with E-state index < -0.39 is 5.97 Å². The van der Waals surface area contributed by atoms with Gasteiger partial charge in [-0.2, -0.15) is 0 Å². The molecule has 0 saturated carbocycles. The van der Waals surface area contributed by atoms with Crippen LogP contribution in [0.5, 0.6) is 0 Å². The molecule has 2 N–H and O–H groups in total. The maximum Gasteiger partial charge on any atom is 0.303 e. The fourth-order valence-electron chi connectivity index (χ4n) is 3.45. The van der Waals surface area contributed by atoms with Crippen molar-refractivity contribution in [2.24, 2.45) is 5.92 Å². The molecule has 2 bridgehead atoms. The summed E-state index contributed by atoms with van der Waals surface area (Å²) in [6, 6.07) is 0. The Morgan fingerprint density at radius 2 is 2.08 bits per heavy atom. The van der Waals surface area contributed by atoms with E-state index in [-0.39, 0.29) is 36.9 Å². The number of fused-ring (bicyclic) bond motifs is 2. The Bertz CT molecular complexity index is 469. The van der Waals surface area contributed by atoms with Crippen molar-refractivity contribution in [2.45, 2.75) is 89.3 Å². The molecule has 0 aromatic heterocycles. The second kappa shape index (κ2) is 11.5. The Labute approximate surface area is 155 Å². The summed E-state index contributed by atoms with van der Waals surface area (Å²) in [6.45, 7) is 2.15. The minimum absolute atomic E-state index is 0.0417. The third-order valence-electron chi connectivity index (χ3n) is 5.04. The van der Waals surface area contributed by atoms with E-state index in [1.165, 1.54) is 0 Å². The lowest BCUT2D eigenvalue weighted by Gasteiger charge is -2.49. The first-order valence-corrected chi connectivity index (χ1v) is 9.80. The molecule has 0 aromatic rings. The minimum Gasteiger partial charge on any atom is -0.481 e. The SMILES string of the molecule is CCCCC[C@@H](/C=C/[C@H]1O[C@@H]2C[C@@H](O2)[C@@H]1C/C=C\CCCC(=O)O)OO. The molecule has 148 valence electrons. The number of allylic oxidation sites excluding steroid dienone is 2. The van der Waals surface area contributed by atoms with Gasteiger partial charge in [0.2, 0.25) is 0 Å². The molecule has 3 aliphatic heterocycles. The van der Waals surface area contributed by atoms with Gasteiger partial charge in [-0.25, -0.2) is 4.89 Å². The quantitative estimate of drug-likeness (QED) is 0.218. The molecule has 6 nitrogen and oxygen atoms in total. The van der Waals surface area contributed by atoms with Gasteiger partial charge in [0.05, 0.1) is 12.2 Å². The summed E-state index contributed by atoms with van der Waals surface area (Å²) in [7, 11) is 0. The van der Waals surface area contributed by atoms with Gasteiger partial charge in [-0.1, -0.05) is 50.5 Å². The number of rotatable bonds is 13. The number of carboxylic acid groups (broad SMARTS) is 1. The van der Waals surface area contributed by atoms with Crippen molar-refractivity contribution in [3.05, 3.63) is 24.3 Å². The van der Waals surface area contributed by atoms with Crippen molar-refractivity contribution < 1.29 is 29.5 Å². The molecule has 3 fully saturated rings. The Morgan fingerprint density at radius 1 is 1.27 bits per heavy atom. The minimum atomic E-state index is -0.752. The predicted molar refractivity (Wildman–Crippen MR) is 97.7 cm³/mol. The fraction of sp³-hybridized carbons (Fsp3) is 0.750. The molecule has 0 aromatic carbocycles. The molecule has 3 heterocycles. The second-order valence-electron chi connectivity index (χ2n) is 7.12. The van der Waals surface area contributed by atoms with Crippen LogP contribution in [0, 0.1) is 5.92 Å². The van der Waals surface area contributed by atoms with E-state index in [1.54, 1.807) is 0 Å². The third kappa shape index (κ3) is 6.83. The summed E-state index contributed by atoms with van der Waals surface area (Å²) >= 11 is 0. The first kappa shape index (κ1) is 21.1. The van der Waals surface area contributed by atoms with Gasteiger partial charge in [0.15, 0.2) is 6.29 Å². The van der Waals surface area contributed by atoms with Crippen molar-refractivity contribution in [1.82, 2.24) is 0 Å². The number of carboxylic acids is 1. The number of aliphatic carboxylic acids is 1. The summed E-state index contributed by atoms with van der Waals surface area (Å²) in [5.41, 5.74) is 0. The monoisotopic (exact) mass is 368 g/mol. The smallest absolute Gasteiger partial charge is 0.303 e. The second-order valence-corrected chi connectivity index (χ2v) is 7.12. The lowest BCUT2D eigenvalue weighted by molar-refractivity contribution is -0.337. The summed E-state index contributed by atoms with van der Waals surface area (Å²) in [4.78, 5) is 15.1. The third-order valence-corrected chi connectivity index (χ3v) is 5.04. The Hall–Kier alpha value is -1.21. The predicted octanol–water partition coefficient (Wildman–Crippen LogP) is 4.31. The molecule has 3 aliphatic rings. The normalized spacial score (nSPS) is 29.2. The molecule has 0 radical (unpaired) electrons. The summed E-state index contributed by atoms with van der Waals surface area (Å²) in [6.07, 6.45) is 15.3. The van der Waals surface area contributed by atoms with Crippen LogP contribution in [0.4, 0.5) is 0 Å². The van der Waals surface area contributed by atoms with E-state index in [9.17, 15) is 4.79 Å². The highest BCUT2D eigenvalue weighted by atomic mass is 17.1. The highest BCUT2D eigenvalue weighted by Gasteiger charge is 2.46. The highest BCUT2D eigenvalue weighted by molar-refractivity contribution is 5.66. The summed E-state index contributed by atoms with van der Waals surface area (Å²) in [5, 5.41) is 17.7. The van der Waals surface area contributed by atoms with Crippen molar-refractivity contribution in [3.63, 3.8) is 0 Å². The summed E-state index contributed by atoms with van der Waals surface area (Å²) < 4.78 is 11.6. The van der Waals surface area contributed by atoms with Crippen molar-refractivity contribution in [2.75, 3.05) is 0 Å². The lowest BCUT2D eigenvalue weighted by atomic mass is 9.84. The number of ether oxygens (including phenoxy) is 2.